The molecule has 0 spiro atoms. The molecule has 1 rings (SSSR count). The molecule has 0 aromatic heterocycles. The second-order valence-corrected chi connectivity index (χ2v) is 4.41. The Kier molecular flexibility index (Phi) is 6.06. The third-order valence-corrected chi connectivity index (χ3v) is 2.92. The minimum atomic E-state index is -0.236. The lowest BCUT2D eigenvalue weighted by Gasteiger charge is -2.08. The normalized spacial score (nSPS) is 10.1. The van der Waals surface area contributed by atoms with Crippen molar-refractivity contribution in [3.05, 3.63) is 29.3 Å². The molecule has 0 atom stereocenters. The first kappa shape index (κ1) is 15.2. The molecule has 0 heterocycles. The van der Waals surface area contributed by atoms with Crippen molar-refractivity contribution >= 4 is 11.8 Å². The van der Waals surface area contributed by atoms with Gasteiger partial charge < -0.3 is 9.47 Å². The SMILES string of the molecule is COC(=O)CCCCC(=O)c1cc(C)ccc1OC. The van der Waals surface area contributed by atoms with Gasteiger partial charge in [0, 0.05) is 12.8 Å². The topological polar surface area (TPSA) is 52.6 Å². The third kappa shape index (κ3) is 4.73. The van der Waals surface area contributed by atoms with Gasteiger partial charge in [0.2, 0.25) is 0 Å². The zero-order valence-electron chi connectivity index (χ0n) is 11.7. The van der Waals surface area contributed by atoms with Gasteiger partial charge in [-0.25, -0.2) is 0 Å². The van der Waals surface area contributed by atoms with Crippen LogP contribution >= 0.6 is 0 Å². The van der Waals surface area contributed by atoms with Crippen molar-refractivity contribution in [3.8, 4) is 5.75 Å². The van der Waals surface area contributed by atoms with Crippen LogP contribution in [0.5, 0.6) is 5.75 Å². The molecule has 0 saturated heterocycles. The van der Waals surface area contributed by atoms with Gasteiger partial charge >= 0.3 is 5.97 Å². The van der Waals surface area contributed by atoms with Crippen LogP contribution in [-0.2, 0) is 9.53 Å². The van der Waals surface area contributed by atoms with E-state index in [0.29, 0.717) is 37.0 Å². The largest absolute Gasteiger partial charge is 0.496 e. The van der Waals surface area contributed by atoms with Gasteiger partial charge in [-0.05, 0) is 31.9 Å². The fourth-order valence-corrected chi connectivity index (χ4v) is 1.83. The summed E-state index contributed by atoms with van der Waals surface area (Å²) < 4.78 is 9.74. The Morgan fingerprint density at radius 1 is 1.11 bits per heavy atom. The quantitative estimate of drug-likeness (QED) is 0.431. The van der Waals surface area contributed by atoms with E-state index in [2.05, 4.69) is 4.74 Å². The van der Waals surface area contributed by atoms with Gasteiger partial charge in [-0.15, -0.1) is 0 Å². The first-order chi connectivity index (χ1) is 9.08. The second-order valence-electron chi connectivity index (χ2n) is 4.41. The molecule has 104 valence electrons. The molecular weight excluding hydrogens is 244 g/mol. The molecule has 0 N–H and O–H groups in total. The van der Waals surface area contributed by atoms with Gasteiger partial charge in [0.05, 0.1) is 19.8 Å². The van der Waals surface area contributed by atoms with E-state index in [1.165, 1.54) is 7.11 Å². The minimum absolute atomic E-state index is 0.0467. The molecule has 1 aromatic carbocycles. The number of aryl methyl sites for hydroxylation is 1. The molecule has 0 unspecified atom stereocenters. The van der Waals surface area contributed by atoms with Crippen molar-refractivity contribution in [1.82, 2.24) is 0 Å². The lowest BCUT2D eigenvalue weighted by Crippen LogP contribution is -2.04. The van der Waals surface area contributed by atoms with Crippen LogP contribution in [0, 0.1) is 6.92 Å². The molecule has 1 aromatic rings. The Labute approximate surface area is 113 Å². The van der Waals surface area contributed by atoms with Crippen molar-refractivity contribution in [1.29, 1.82) is 0 Å². The highest BCUT2D eigenvalue weighted by atomic mass is 16.5. The predicted molar refractivity (Wildman–Crippen MR) is 72.5 cm³/mol. The summed E-state index contributed by atoms with van der Waals surface area (Å²) in [4.78, 5) is 23.0. The lowest BCUT2D eigenvalue weighted by atomic mass is 10.0. The van der Waals surface area contributed by atoms with E-state index in [0.717, 1.165) is 5.56 Å². The number of Topliss-reactive ketones (excluding diaryl/α,β-unsaturated/α-hetero) is 1. The molecule has 19 heavy (non-hydrogen) atoms. The number of hydrogen-bond acceptors (Lipinski definition) is 4. The van der Waals surface area contributed by atoms with Crippen LogP contribution in [0.15, 0.2) is 18.2 Å². The monoisotopic (exact) mass is 264 g/mol. The Balaban J connectivity index is 2.54. The van der Waals surface area contributed by atoms with Crippen LogP contribution < -0.4 is 4.74 Å². The summed E-state index contributed by atoms with van der Waals surface area (Å²) in [6, 6.07) is 5.55. The maximum absolute atomic E-state index is 12.1. The highest BCUT2D eigenvalue weighted by molar-refractivity contribution is 5.98. The van der Waals surface area contributed by atoms with Gasteiger partial charge in [-0.1, -0.05) is 11.6 Å². The van der Waals surface area contributed by atoms with E-state index >= 15 is 0 Å². The Morgan fingerprint density at radius 3 is 2.42 bits per heavy atom. The Hall–Kier alpha value is -1.84. The van der Waals surface area contributed by atoms with E-state index in [9.17, 15) is 9.59 Å². The molecule has 0 saturated carbocycles. The van der Waals surface area contributed by atoms with Crippen LogP contribution in [0.1, 0.15) is 41.6 Å². The Bertz CT molecular complexity index is 451. The average molecular weight is 264 g/mol. The summed E-state index contributed by atoms with van der Waals surface area (Å²) in [5.41, 5.74) is 1.64. The fraction of sp³-hybridized carbons (Fsp3) is 0.467. The number of carbonyl (C=O) groups is 2. The highest BCUT2D eigenvalue weighted by Gasteiger charge is 2.12. The number of unbranched alkanes of at least 4 members (excludes halogenated alkanes) is 1. The number of rotatable bonds is 7. The summed E-state index contributed by atoms with van der Waals surface area (Å²) in [6.45, 7) is 1.94. The molecule has 0 radical (unpaired) electrons. The number of ether oxygens (including phenoxy) is 2. The van der Waals surface area contributed by atoms with Crippen LogP contribution in [0.25, 0.3) is 0 Å². The summed E-state index contributed by atoms with van der Waals surface area (Å²) >= 11 is 0. The molecule has 0 aliphatic heterocycles. The summed E-state index contributed by atoms with van der Waals surface area (Å²) in [5.74, 6) is 0.412. The molecule has 4 nitrogen and oxygen atoms in total. The number of esters is 1. The summed E-state index contributed by atoms with van der Waals surface area (Å²) in [5, 5.41) is 0. The molecule has 0 amide bonds. The molecule has 4 heteroatoms. The summed E-state index contributed by atoms with van der Waals surface area (Å²) in [6.07, 6.45) is 2.10. The molecular formula is C15H20O4. The highest BCUT2D eigenvalue weighted by Crippen LogP contribution is 2.22. The second kappa shape index (κ2) is 7.56. The third-order valence-electron chi connectivity index (χ3n) is 2.92. The first-order valence-corrected chi connectivity index (χ1v) is 6.33. The summed E-state index contributed by atoms with van der Waals surface area (Å²) in [7, 11) is 2.92. The van der Waals surface area contributed by atoms with Crippen molar-refractivity contribution in [2.24, 2.45) is 0 Å². The lowest BCUT2D eigenvalue weighted by molar-refractivity contribution is -0.140. The van der Waals surface area contributed by atoms with E-state index in [1.807, 2.05) is 19.1 Å². The van der Waals surface area contributed by atoms with Crippen molar-refractivity contribution in [2.45, 2.75) is 32.6 Å². The van der Waals surface area contributed by atoms with Crippen LogP contribution in [-0.4, -0.2) is 26.0 Å². The molecule has 0 fully saturated rings. The Morgan fingerprint density at radius 2 is 1.79 bits per heavy atom. The van der Waals surface area contributed by atoms with E-state index in [1.54, 1.807) is 13.2 Å². The first-order valence-electron chi connectivity index (χ1n) is 6.33. The van der Waals surface area contributed by atoms with Crippen LogP contribution in [0.2, 0.25) is 0 Å². The fourth-order valence-electron chi connectivity index (χ4n) is 1.83. The number of carbonyl (C=O) groups excluding carboxylic acids is 2. The zero-order chi connectivity index (χ0) is 14.3. The number of methoxy groups -OCH3 is 2. The van der Waals surface area contributed by atoms with Gasteiger partial charge in [-0.2, -0.15) is 0 Å². The number of benzene rings is 1. The number of ketones is 1. The predicted octanol–water partition coefficient (Wildman–Crippen LogP) is 2.92. The minimum Gasteiger partial charge on any atom is -0.496 e. The molecule has 0 aliphatic carbocycles. The van der Waals surface area contributed by atoms with E-state index in [4.69, 9.17) is 4.74 Å². The van der Waals surface area contributed by atoms with Gasteiger partial charge in [-0.3, -0.25) is 9.59 Å². The van der Waals surface area contributed by atoms with Crippen LogP contribution in [0.3, 0.4) is 0 Å². The van der Waals surface area contributed by atoms with E-state index < -0.39 is 0 Å². The van der Waals surface area contributed by atoms with Gasteiger partial charge in [0.1, 0.15) is 5.75 Å². The van der Waals surface area contributed by atoms with Crippen molar-refractivity contribution < 1.29 is 19.1 Å². The van der Waals surface area contributed by atoms with Crippen molar-refractivity contribution in [3.63, 3.8) is 0 Å². The average Bonchev–Trinajstić information content (AvgIpc) is 2.42. The van der Waals surface area contributed by atoms with Crippen LogP contribution in [0.4, 0.5) is 0 Å². The van der Waals surface area contributed by atoms with Gasteiger partial charge in [0.25, 0.3) is 0 Å². The number of hydrogen-bond donors (Lipinski definition) is 0. The standard InChI is InChI=1S/C15H20O4/c1-11-8-9-14(18-2)12(10-11)13(16)6-4-5-7-15(17)19-3/h8-10H,4-7H2,1-3H3. The van der Waals surface area contributed by atoms with Gasteiger partial charge in [0.15, 0.2) is 5.78 Å². The maximum Gasteiger partial charge on any atom is 0.305 e. The van der Waals surface area contributed by atoms with E-state index in [-0.39, 0.29) is 11.8 Å². The maximum atomic E-state index is 12.1. The molecule has 0 aliphatic rings. The zero-order valence-corrected chi connectivity index (χ0v) is 11.7. The smallest absolute Gasteiger partial charge is 0.305 e. The van der Waals surface area contributed by atoms with Crippen molar-refractivity contribution in [2.75, 3.05) is 14.2 Å². The molecule has 0 bridgehead atoms.